The topological polar surface area (TPSA) is 46.6 Å². The van der Waals surface area contributed by atoms with Gasteiger partial charge in [0.2, 0.25) is 0 Å². The Balaban J connectivity index is 2.17. The molecule has 0 aliphatic carbocycles. The molecule has 132 valence electrons. The Labute approximate surface area is 148 Å². The molecule has 0 bridgehead atoms. The van der Waals surface area contributed by atoms with Gasteiger partial charge in [-0.1, -0.05) is 45.4 Å². The Kier molecular flexibility index (Phi) is 7.16. The van der Waals surface area contributed by atoms with Gasteiger partial charge in [-0.3, -0.25) is 4.79 Å². The summed E-state index contributed by atoms with van der Waals surface area (Å²) < 4.78 is 5.39. The highest BCUT2D eigenvalue weighted by atomic mass is 32.2. The number of ether oxygens (including phenoxy) is 1. The fraction of sp³-hybridized carbons (Fsp3) is 0.579. The Morgan fingerprint density at radius 1 is 1.29 bits per heavy atom. The Morgan fingerprint density at radius 2 is 2.00 bits per heavy atom. The Morgan fingerprint density at radius 3 is 2.62 bits per heavy atom. The number of amides is 1. The summed E-state index contributed by atoms with van der Waals surface area (Å²) in [5.74, 6) is 0.722. The van der Waals surface area contributed by atoms with E-state index in [1.54, 1.807) is 28.8 Å². The van der Waals surface area contributed by atoms with Crippen LogP contribution in [0.25, 0.3) is 0 Å². The van der Waals surface area contributed by atoms with E-state index in [-0.39, 0.29) is 17.3 Å². The monoisotopic (exact) mass is 349 g/mol. The van der Waals surface area contributed by atoms with Gasteiger partial charge >= 0.3 is 5.97 Å². The molecule has 0 spiro atoms. The van der Waals surface area contributed by atoms with Gasteiger partial charge in [-0.25, -0.2) is 4.79 Å². The molecule has 1 aromatic rings. The van der Waals surface area contributed by atoms with Crippen LogP contribution in [0, 0.1) is 5.92 Å². The van der Waals surface area contributed by atoms with E-state index >= 15 is 0 Å². The zero-order valence-electron chi connectivity index (χ0n) is 14.7. The van der Waals surface area contributed by atoms with Crippen LogP contribution >= 0.6 is 11.8 Å². The van der Waals surface area contributed by atoms with E-state index in [2.05, 4.69) is 20.8 Å². The van der Waals surface area contributed by atoms with Crippen molar-refractivity contribution in [1.82, 2.24) is 4.90 Å². The number of hydrogen-bond donors (Lipinski definition) is 0. The summed E-state index contributed by atoms with van der Waals surface area (Å²) in [6.45, 7) is 6.76. The number of carbonyl (C=O) groups excluding carboxylic acids is 2. The number of carbonyl (C=O) groups is 2. The Hall–Kier alpha value is -1.49. The lowest BCUT2D eigenvalue weighted by Gasteiger charge is -2.29. The molecule has 0 aromatic heterocycles. The first kappa shape index (κ1) is 18.8. The molecule has 1 fully saturated rings. The second-order valence-corrected chi connectivity index (χ2v) is 7.74. The SMILES string of the molecule is CCCCOC(=O)C1CSC(CC(C)C)N1C(=O)c1ccccc1. The summed E-state index contributed by atoms with van der Waals surface area (Å²) in [5.41, 5.74) is 0.625. The summed E-state index contributed by atoms with van der Waals surface area (Å²) in [5, 5.41) is 0.0291. The van der Waals surface area contributed by atoms with Crippen LogP contribution in [0.2, 0.25) is 0 Å². The van der Waals surface area contributed by atoms with Crippen LogP contribution < -0.4 is 0 Å². The predicted molar refractivity (Wildman–Crippen MR) is 98.0 cm³/mol. The van der Waals surface area contributed by atoms with Crippen molar-refractivity contribution >= 4 is 23.6 Å². The molecule has 2 atom stereocenters. The summed E-state index contributed by atoms with van der Waals surface area (Å²) in [6, 6.07) is 8.71. The highest BCUT2D eigenvalue weighted by Gasteiger charge is 2.42. The molecule has 24 heavy (non-hydrogen) atoms. The molecule has 2 unspecified atom stereocenters. The van der Waals surface area contributed by atoms with Gasteiger partial charge in [-0.2, -0.15) is 0 Å². The fourth-order valence-electron chi connectivity index (χ4n) is 2.75. The first-order valence-electron chi connectivity index (χ1n) is 8.70. The van der Waals surface area contributed by atoms with Crippen LogP contribution in [-0.4, -0.2) is 40.6 Å². The average Bonchev–Trinajstić information content (AvgIpc) is 2.98. The van der Waals surface area contributed by atoms with Crippen LogP contribution in [0.5, 0.6) is 0 Å². The average molecular weight is 349 g/mol. The smallest absolute Gasteiger partial charge is 0.329 e. The molecule has 0 radical (unpaired) electrons. The van der Waals surface area contributed by atoms with E-state index in [0.717, 1.165) is 19.3 Å². The van der Waals surface area contributed by atoms with Crippen molar-refractivity contribution in [1.29, 1.82) is 0 Å². The van der Waals surface area contributed by atoms with Gasteiger partial charge < -0.3 is 9.64 Å². The van der Waals surface area contributed by atoms with Gasteiger partial charge in [-0.15, -0.1) is 11.8 Å². The van der Waals surface area contributed by atoms with Gasteiger partial charge in [0.1, 0.15) is 6.04 Å². The predicted octanol–water partition coefficient (Wildman–Crippen LogP) is 3.96. The van der Waals surface area contributed by atoms with Crippen molar-refractivity contribution in [3.8, 4) is 0 Å². The standard InChI is InChI=1S/C19H27NO3S/c1-4-5-11-23-19(22)16-13-24-17(12-14(2)3)20(16)18(21)15-9-7-6-8-10-15/h6-10,14,16-17H,4-5,11-13H2,1-3H3. The minimum atomic E-state index is -0.483. The van der Waals surface area contributed by atoms with Crippen LogP contribution in [0.15, 0.2) is 30.3 Å². The molecular weight excluding hydrogens is 322 g/mol. The van der Waals surface area contributed by atoms with Crippen LogP contribution in [-0.2, 0) is 9.53 Å². The third-order valence-corrected chi connectivity index (χ3v) is 5.35. The zero-order valence-corrected chi connectivity index (χ0v) is 15.6. The van der Waals surface area contributed by atoms with Crippen molar-refractivity contribution in [2.75, 3.05) is 12.4 Å². The molecule has 4 nitrogen and oxygen atoms in total. The van der Waals surface area contributed by atoms with E-state index in [1.165, 1.54) is 0 Å². The van der Waals surface area contributed by atoms with Gasteiger partial charge in [-0.05, 0) is 30.9 Å². The molecule has 1 aliphatic rings. The zero-order chi connectivity index (χ0) is 17.5. The van der Waals surface area contributed by atoms with E-state index < -0.39 is 6.04 Å². The summed E-state index contributed by atoms with van der Waals surface area (Å²) in [7, 11) is 0. The van der Waals surface area contributed by atoms with E-state index in [1.807, 2.05) is 18.2 Å². The lowest BCUT2D eigenvalue weighted by molar-refractivity contribution is -0.148. The highest BCUT2D eigenvalue weighted by molar-refractivity contribution is 8.00. The molecule has 1 amide bonds. The number of nitrogens with zero attached hydrogens (tertiary/aromatic N) is 1. The van der Waals surface area contributed by atoms with Crippen LogP contribution in [0.4, 0.5) is 0 Å². The minimum absolute atomic E-state index is 0.0291. The van der Waals surface area contributed by atoms with Gasteiger partial charge in [0.15, 0.2) is 0 Å². The molecule has 0 saturated carbocycles. The first-order chi connectivity index (χ1) is 11.5. The van der Waals surface area contributed by atoms with Gasteiger partial charge in [0, 0.05) is 11.3 Å². The number of unbranched alkanes of at least 4 members (excludes halogenated alkanes) is 1. The lowest BCUT2D eigenvalue weighted by Crippen LogP contribution is -2.46. The van der Waals surface area contributed by atoms with E-state index in [0.29, 0.717) is 23.8 Å². The molecular formula is C19H27NO3S. The van der Waals surface area contributed by atoms with Crippen LogP contribution in [0.1, 0.15) is 50.4 Å². The van der Waals surface area contributed by atoms with Crippen molar-refractivity contribution in [2.24, 2.45) is 5.92 Å². The summed E-state index contributed by atoms with van der Waals surface area (Å²) in [6.07, 6.45) is 2.71. The maximum atomic E-state index is 13.0. The van der Waals surface area contributed by atoms with Crippen molar-refractivity contribution in [2.45, 2.75) is 51.4 Å². The fourth-order valence-corrected chi connectivity index (χ4v) is 4.37. The molecule has 1 aliphatic heterocycles. The van der Waals surface area contributed by atoms with Crippen molar-refractivity contribution in [3.05, 3.63) is 35.9 Å². The summed E-state index contributed by atoms with van der Waals surface area (Å²) in [4.78, 5) is 27.2. The first-order valence-corrected chi connectivity index (χ1v) is 9.75. The van der Waals surface area contributed by atoms with Crippen LogP contribution in [0.3, 0.4) is 0 Å². The quantitative estimate of drug-likeness (QED) is 0.552. The van der Waals surface area contributed by atoms with E-state index in [4.69, 9.17) is 4.74 Å². The normalized spacial score (nSPS) is 20.4. The van der Waals surface area contributed by atoms with E-state index in [9.17, 15) is 9.59 Å². The molecule has 5 heteroatoms. The third kappa shape index (κ3) is 4.76. The minimum Gasteiger partial charge on any atom is -0.464 e. The van der Waals surface area contributed by atoms with Crippen molar-refractivity contribution in [3.63, 3.8) is 0 Å². The number of benzene rings is 1. The molecule has 1 heterocycles. The number of esters is 1. The molecule has 2 rings (SSSR count). The molecule has 1 saturated heterocycles. The third-order valence-electron chi connectivity index (χ3n) is 4.04. The summed E-state index contributed by atoms with van der Waals surface area (Å²) >= 11 is 1.68. The second kappa shape index (κ2) is 9.11. The number of thioether (sulfide) groups is 1. The maximum absolute atomic E-state index is 13.0. The highest BCUT2D eigenvalue weighted by Crippen LogP contribution is 2.35. The second-order valence-electron chi connectivity index (χ2n) is 6.53. The molecule has 1 aromatic carbocycles. The lowest BCUT2D eigenvalue weighted by atomic mass is 10.1. The number of rotatable bonds is 7. The maximum Gasteiger partial charge on any atom is 0.329 e. The van der Waals surface area contributed by atoms with Gasteiger partial charge in [0.25, 0.3) is 5.91 Å². The van der Waals surface area contributed by atoms with Gasteiger partial charge in [0.05, 0.1) is 12.0 Å². The molecule has 0 N–H and O–H groups in total. The number of hydrogen-bond acceptors (Lipinski definition) is 4. The Bertz CT molecular complexity index is 547. The van der Waals surface area contributed by atoms with Crippen molar-refractivity contribution < 1.29 is 14.3 Å². The largest absolute Gasteiger partial charge is 0.464 e.